The van der Waals surface area contributed by atoms with Crippen molar-refractivity contribution < 1.29 is 28.1 Å². The van der Waals surface area contributed by atoms with Crippen molar-refractivity contribution in [2.45, 2.75) is 62.5 Å². The van der Waals surface area contributed by atoms with E-state index < -0.39 is 21.0 Å². The van der Waals surface area contributed by atoms with E-state index in [9.17, 15) is 18.6 Å². The van der Waals surface area contributed by atoms with Crippen molar-refractivity contribution in [1.29, 1.82) is 0 Å². The van der Waals surface area contributed by atoms with E-state index in [-0.39, 0.29) is 15.5 Å². The van der Waals surface area contributed by atoms with Crippen LogP contribution in [0.15, 0.2) is 94.7 Å². The lowest BCUT2D eigenvalue weighted by Crippen LogP contribution is -2.14. The van der Waals surface area contributed by atoms with E-state index >= 15 is 0 Å². The van der Waals surface area contributed by atoms with Crippen molar-refractivity contribution in [2.75, 3.05) is 0 Å². The number of hydrogen-bond acceptors (Lipinski definition) is 6. The molecule has 0 aliphatic carbocycles. The van der Waals surface area contributed by atoms with Crippen LogP contribution in [0.5, 0.6) is 23.0 Å². The van der Waals surface area contributed by atoms with Gasteiger partial charge in [-0.1, -0.05) is 35.8 Å². The molecule has 0 saturated heterocycles. The van der Waals surface area contributed by atoms with Crippen LogP contribution in [0.2, 0.25) is 0 Å². The highest BCUT2D eigenvalue weighted by Gasteiger charge is 2.23. The van der Waals surface area contributed by atoms with Gasteiger partial charge in [0.05, 0.1) is 4.90 Å². The molecule has 0 heterocycles. The summed E-state index contributed by atoms with van der Waals surface area (Å²) in [5.41, 5.74) is 0.861. The first kappa shape index (κ1) is 31.4. The van der Waals surface area contributed by atoms with Crippen LogP contribution in [0.25, 0.3) is 0 Å². The largest absolute Gasteiger partial charge is 0.457 e. The second-order valence-corrected chi connectivity index (χ2v) is 13.2. The van der Waals surface area contributed by atoms with Gasteiger partial charge in [0.25, 0.3) is 0 Å². The molecule has 4 aromatic rings. The Bertz CT molecular complexity index is 1870. The van der Waals surface area contributed by atoms with Crippen LogP contribution in [-0.2, 0) is 9.84 Å². The Hall–Kier alpha value is -4.53. The fourth-order valence-corrected chi connectivity index (χ4v) is 5.42. The van der Waals surface area contributed by atoms with Crippen molar-refractivity contribution in [3.05, 3.63) is 107 Å². The average molecular weight is 595 g/mol. The van der Waals surface area contributed by atoms with Gasteiger partial charge in [0.15, 0.2) is 0 Å². The van der Waals surface area contributed by atoms with Gasteiger partial charge >= 0.3 is 0 Å². The van der Waals surface area contributed by atoms with E-state index in [1.54, 1.807) is 76.2 Å². The molecule has 4 aromatic carbocycles. The SMILES string of the molecule is Cc1cc(C#CC(C)(C)O)cc(Oc2ccc(S(=O)(=O)c3ccccc3Oc3cc(C)cc(C#CC(C)(C)O)c3)cc2)c1. The van der Waals surface area contributed by atoms with Crippen LogP contribution in [0.1, 0.15) is 49.9 Å². The van der Waals surface area contributed by atoms with Gasteiger partial charge in [-0.2, -0.15) is 0 Å². The molecule has 0 aliphatic rings. The normalized spacial score (nSPS) is 11.5. The minimum absolute atomic E-state index is 0.0167. The van der Waals surface area contributed by atoms with Gasteiger partial charge in [-0.3, -0.25) is 0 Å². The summed E-state index contributed by atoms with van der Waals surface area (Å²) >= 11 is 0. The smallest absolute Gasteiger partial charge is 0.210 e. The predicted molar refractivity (Wildman–Crippen MR) is 167 cm³/mol. The van der Waals surface area contributed by atoms with E-state index in [0.29, 0.717) is 28.4 Å². The topological polar surface area (TPSA) is 93.1 Å². The summed E-state index contributed by atoms with van der Waals surface area (Å²) in [5, 5.41) is 19.9. The molecule has 0 saturated carbocycles. The first-order chi connectivity index (χ1) is 20.1. The van der Waals surface area contributed by atoms with E-state index in [1.807, 2.05) is 32.0 Å². The van der Waals surface area contributed by atoms with Gasteiger partial charge in [0.2, 0.25) is 9.84 Å². The number of aryl methyl sites for hydroxylation is 2. The molecule has 0 bridgehead atoms. The third-order valence-corrected chi connectivity index (χ3v) is 7.67. The third kappa shape index (κ3) is 8.98. The summed E-state index contributed by atoms with van der Waals surface area (Å²) in [5.74, 6) is 13.1. The third-order valence-electron chi connectivity index (χ3n) is 5.86. The molecule has 0 unspecified atom stereocenters. The van der Waals surface area contributed by atoms with E-state index in [1.165, 1.54) is 18.2 Å². The minimum atomic E-state index is -3.95. The van der Waals surface area contributed by atoms with Gasteiger partial charge < -0.3 is 19.7 Å². The van der Waals surface area contributed by atoms with Crippen molar-refractivity contribution in [2.24, 2.45) is 0 Å². The van der Waals surface area contributed by atoms with Crippen LogP contribution >= 0.6 is 0 Å². The molecule has 0 amide bonds. The summed E-state index contributed by atoms with van der Waals surface area (Å²) < 4.78 is 39.5. The number of hydrogen-bond donors (Lipinski definition) is 2. The standard InChI is InChI=1S/C36H34O6S/c1-25-19-27(15-17-35(3,4)37)23-30(21-25)41-29-11-13-32(14-12-29)43(39,40)34-10-8-7-9-33(34)42-31-22-26(2)20-28(24-31)16-18-36(5,6)38/h7-14,19-24,37-38H,1-6H3. The Morgan fingerprint density at radius 3 is 1.63 bits per heavy atom. The molecule has 2 N–H and O–H groups in total. The quantitative estimate of drug-likeness (QED) is 0.234. The minimum Gasteiger partial charge on any atom is -0.457 e. The van der Waals surface area contributed by atoms with Gasteiger partial charge in [-0.25, -0.2) is 8.42 Å². The first-order valence-corrected chi connectivity index (χ1v) is 15.1. The zero-order chi connectivity index (χ0) is 31.4. The Kier molecular flexibility index (Phi) is 9.04. The molecule has 0 spiro atoms. The van der Waals surface area contributed by atoms with Gasteiger partial charge in [0, 0.05) is 11.1 Å². The van der Waals surface area contributed by atoms with E-state index in [2.05, 4.69) is 23.7 Å². The van der Waals surface area contributed by atoms with Crippen LogP contribution in [0.3, 0.4) is 0 Å². The summed E-state index contributed by atoms with van der Waals surface area (Å²) in [6.07, 6.45) is 0. The van der Waals surface area contributed by atoms with Crippen LogP contribution in [0, 0.1) is 37.5 Å². The fraction of sp³-hybridized carbons (Fsp3) is 0.222. The Morgan fingerprint density at radius 2 is 1.12 bits per heavy atom. The molecule has 43 heavy (non-hydrogen) atoms. The highest BCUT2D eigenvalue weighted by molar-refractivity contribution is 7.91. The van der Waals surface area contributed by atoms with Gasteiger partial charge in [0.1, 0.15) is 39.1 Å². The van der Waals surface area contributed by atoms with E-state index in [0.717, 1.165) is 11.1 Å². The number of sulfone groups is 1. The van der Waals surface area contributed by atoms with Crippen LogP contribution in [-0.4, -0.2) is 29.8 Å². The van der Waals surface area contributed by atoms with E-state index in [4.69, 9.17) is 9.47 Å². The summed E-state index contributed by atoms with van der Waals surface area (Å²) in [4.78, 5) is 0.0980. The number of benzene rings is 4. The maximum Gasteiger partial charge on any atom is 0.210 e. The van der Waals surface area contributed by atoms with Crippen molar-refractivity contribution in [1.82, 2.24) is 0 Å². The summed E-state index contributed by atoms with van der Waals surface area (Å²) in [6, 6.07) is 23.5. The molecule has 0 fully saturated rings. The van der Waals surface area contributed by atoms with Crippen molar-refractivity contribution >= 4 is 9.84 Å². The zero-order valence-electron chi connectivity index (χ0n) is 25.0. The monoisotopic (exact) mass is 594 g/mol. The number of para-hydroxylation sites is 1. The number of aliphatic hydroxyl groups is 2. The molecule has 0 aromatic heterocycles. The summed E-state index contributed by atoms with van der Waals surface area (Å²) in [6.45, 7) is 10.2. The van der Waals surface area contributed by atoms with Crippen molar-refractivity contribution in [3.8, 4) is 46.7 Å². The van der Waals surface area contributed by atoms with Crippen molar-refractivity contribution in [3.63, 3.8) is 0 Å². The molecule has 4 rings (SSSR count). The van der Waals surface area contributed by atoms with Crippen LogP contribution in [0.4, 0.5) is 0 Å². The van der Waals surface area contributed by atoms with Gasteiger partial charge in [-0.15, -0.1) is 0 Å². The molecular formula is C36H34O6S. The van der Waals surface area contributed by atoms with Gasteiger partial charge in [-0.05, 0) is 125 Å². The second-order valence-electron chi connectivity index (χ2n) is 11.3. The highest BCUT2D eigenvalue weighted by Crippen LogP contribution is 2.34. The lowest BCUT2D eigenvalue weighted by molar-refractivity contribution is 0.143. The second kappa shape index (κ2) is 12.4. The zero-order valence-corrected chi connectivity index (χ0v) is 25.8. The lowest BCUT2D eigenvalue weighted by atomic mass is 10.1. The lowest BCUT2D eigenvalue weighted by Gasteiger charge is -2.13. The molecule has 220 valence electrons. The fourth-order valence-electron chi connectivity index (χ4n) is 4.04. The molecule has 6 nitrogen and oxygen atoms in total. The maximum absolute atomic E-state index is 13.7. The maximum atomic E-state index is 13.7. The molecule has 0 radical (unpaired) electrons. The summed E-state index contributed by atoms with van der Waals surface area (Å²) in [7, 11) is -3.95. The molecule has 7 heteroatoms. The Morgan fingerprint density at radius 1 is 0.628 bits per heavy atom. The molecule has 0 aliphatic heterocycles. The van der Waals surface area contributed by atoms with Crippen LogP contribution < -0.4 is 9.47 Å². The Balaban J connectivity index is 1.59. The predicted octanol–water partition coefficient (Wildman–Crippen LogP) is 6.97. The highest BCUT2D eigenvalue weighted by atomic mass is 32.2. The molecular weight excluding hydrogens is 560 g/mol. The number of rotatable bonds is 6. The Labute approximate surface area is 253 Å². The molecule has 0 atom stereocenters. The number of ether oxygens (including phenoxy) is 2. The first-order valence-electron chi connectivity index (χ1n) is 13.6. The average Bonchev–Trinajstić information content (AvgIpc) is 2.90.